The summed E-state index contributed by atoms with van der Waals surface area (Å²) in [5, 5.41) is 19.3. The molecule has 0 atom stereocenters. The number of hydrogen-bond acceptors (Lipinski definition) is 3. The molecule has 16 heavy (non-hydrogen) atoms. The Bertz CT molecular complexity index is 343. The van der Waals surface area contributed by atoms with Crippen LogP contribution >= 0.6 is 23.2 Å². The lowest BCUT2D eigenvalue weighted by Crippen LogP contribution is -2.37. The first-order valence-corrected chi connectivity index (χ1v) is 5.70. The van der Waals surface area contributed by atoms with Crippen LogP contribution in [0.5, 0.6) is 0 Å². The van der Waals surface area contributed by atoms with Crippen LogP contribution in [0.4, 0.5) is 0 Å². The number of rotatable bonds is 5. The summed E-state index contributed by atoms with van der Waals surface area (Å²) >= 11 is 11.8. The fraction of sp³-hybridized carbons (Fsp3) is 0.455. The number of halogens is 2. The predicted octanol–water partition coefficient (Wildman–Crippen LogP) is 1.78. The Hall–Kier alpha value is -0.320. The van der Waals surface area contributed by atoms with Gasteiger partial charge in [-0.05, 0) is 24.7 Å². The first-order chi connectivity index (χ1) is 7.58. The summed E-state index contributed by atoms with van der Waals surface area (Å²) < 4.78 is 0. The monoisotopic (exact) mass is 263 g/mol. The van der Waals surface area contributed by atoms with E-state index in [1.807, 2.05) is 18.0 Å². The zero-order chi connectivity index (χ0) is 12.1. The third-order valence-corrected chi connectivity index (χ3v) is 3.07. The average Bonchev–Trinajstić information content (AvgIpc) is 2.24. The summed E-state index contributed by atoms with van der Waals surface area (Å²) in [5.41, 5.74) is 0.917. The summed E-state index contributed by atoms with van der Waals surface area (Å²) in [7, 11) is 1.82. The Balaban J connectivity index is 2.72. The Labute approximate surface area is 105 Å². The highest BCUT2D eigenvalue weighted by Crippen LogP contribution is 2.22. The molecule has 0 aliphatic rings. The van der Waals surface area contributed by atoms with E-state index in [9.17, 15) is 0 Å². The van der Waals surface area contributed by atoms with Gasteiger partial charge in [0.15, 0.2) is 0 Å². The third-order valence-electron chi connectivity index (χ3n) is 2.48. The van der Waals surface area contributed by atoms with Gasteiger partial charge in [-0.1, -0.05) is 29.3 Å². The van der Waals surface area contributed by atoms with Gasteiger partial charge in [0.25, 0.3) is 0 Å². The molecule has 0 spiro atoms. The van der Waals surface area contributed by atoms with Crippen LogP contribution in [0.3, 0.4) is 0 Å². The molecule has 1 aromatic carbocycles. The van der Waals surface area contributed by atoms with Crippen molar-refractivity contribution in [3.63, 3.8) is 0 Å². The minimum Gasteiger partial charge on any atom is -0.395 e. The number of aliphatic hydroxyl groups excluding tert-OH is 2. The normalized spacial score (nSPS) is 11.4. The van der Waals surface area contributed by atoms with Crippen molar-refractivity contribution in [2.45, 2.75) is 12.6 Å². The SMILES string of the molecule is CN(Cc1ccc(Cl)cc1Cl)C(CO)CO. The van der Waals surface area contributed by atoms with E-state index in [1.54, 1.807) is 12.1 Å². The summed E-state index contributed by atoms with van der Waals surface area (Å²) in [6.07, 6.45) is 0. The predicted molar refractivity (Wildman–Crippen MR) is 65.9 cm³/mol. The molecule has 0 aromatic heterocycles. The van der Waals surface area contributed by atoms with Crippen molar-refractivity contribution in [1.82, 2.24) is 4.90 Å². The standard InChI is InChI=1S/C11H15Cl2NO2/c1-14(10(6-15)7-16)5-8-2-3-9(12)4-11(8)13/h2-4,10,15-16H,5-7H2,1H3. The van der Waals surface area contributed by atoms with Gasteiger partial charge in [-0.25, -0.2) is 0 Å². The molecule has 1 rings (SSSR count). The maximum atomic E-state index is 9.03. The second-order valence-corrected chi connectivity index (χ2v) is 4.51. The van der Waals surface area contributed by atoms with Crippen LogP contribution in [0.25, 0.3) is 0 Å². The number of nitrogens with zero attached hydrogens (tertiary/aromatic N) is 1. The van der Waals surface area contributed by atoms with Crippen LogP contribution < -0.4 is 0 Å². The first-order valence-electron chi connectivity index (χ1n) is 4.94. The third kappa shape index (κ3) is 3.61. The molecule has 0 aliphatic heterocycles. The molecule has 0 fully saturated rings. The summed E-state index contributed by atoms with van der Waals surface area (Å²) in [4.78, 5) is 1.84. The van der Waals surface area contributed by atoms with E-state index in [4.69, 9.17) is 33.4 Å². The maximum Gasteiger partial charge on any atom is 0.0609 e. The Morgan fingerprint density at radius 1 is 1.25 bits per heavy atom. The minimum atomic E-state index is -0.272. The van der Waals surface area contributed by atoms with Crippen LogP contribution in [-0.2, 0) is 6.54 Å². The number of likely N-dealkylation sites (N-methyl/N-ethyl adjacent to an activating group) is 1. The Morgan fingerprint density at radius 2 is 1.88 bits per heavy atom. The number of benzene rings is 1. The number of aliphatic hydroxyl groups is 2. The smallest absolute Gasteiger partial charge is 0.0609 e. The van der Waals surface area contributed by atoms with Crippen LogP contribution in [0.2, 0.25) is 10.0 Å². The van der Waals surface area contributed by atoms with E-state index in [-0.39, 0.29) is 19.3 Å². The van der Waals surface area contributed by atoms with Gasteiger partial charge in [-0.3, -0.25) is 4.90 Å². The van der Waals surface area contributed by atoms with Crippen molar-refractivity contribution >= 4 is 23.2 Å². The summed E-state index contributed by atoms with van der Waals surface area (Å²) in [5.74, 6) is 0. The molecular formula is C11H15Cl2NO2. The second kappa shape index (κ2) is 6.42. The minimum absolute atomic E-state index is 0.0851. The van der Waals surface area contributed by atoms with E-state index in [0.717, 1.165) is 5.56 Å². The molecule has 0 saturated carbocycles. The van der Waals surface area contributed by atoms with Crippen molar-refractivity contribution in [2.75, 3.05) is 20.3 Å². The van der Waals surface area contributed by atoms with Gasteiger partial charge in [0, 0.05) is 16.6 Å². The molecule has 1 aromatic rings. The Kier molecular flexibility index (Phi) is 5.52. The van der Waals surface area contributed by atoms with E-state index in [1.165, 1.54) is 0 Å². The summed E-state index contributed by atoms with van der Waals surface area (Å²) in [6, 6.07) is 5.02. The first kappa shape index (κ1) is 13.7. The van der Waals surface area contributed by atoms with Crippen LogP contribution in [0.1, 0.15) is 5.56 Å². The lowest BCUT2D eigenvalue weighted by Gasteiger charge is -2.25. The zero-order valence-corrected chi connectivity index (χ0v) is 10.5. The van der Waals surface area contributed by atoms with Crippen molar-refractivity contribution in [3.05, 3.63) is 33.8 Å². The molecular weight excluding hydrogens is 249 g/mol. The molecule has 0 unspecified atom stereocenters. The molecule has 2 N–H and O–H groups in total. The zero-order valence-electron chi connectivity index (χ0n) is 9.03. The molecule has 0 heterocycles. The molecule has 0 bridgehead atoms. The van der Waals surface area contributed by atoms with Crippen molar-refractivity contribution < 1.29 is 10.2 Å². The van der Waals surface area contributed by atoms with Gasteiger partial charge in [-0.15, -0.1) is 0 Å². The van der Waals surface area contributed by atoms with Gasteiger partial charge < -0.3 is 10.2 Å². The van der Waals surface area contributed by atoms with Crippen molar-refractivity contribution in [2.24, 2.45) is 0 Å². The van der Waals surface area contributed by atoms with E-state index in [0.29, 0.717) is 16.6 Å². The highest BCUT2D eigenvalue weighted by molar-refractivity contribution is 6.35. The highest BCUT2D eigenvalue weighted by Gasteiger charge is 2.14. The van der Waals surface area contributed by atoms with Crippen LogP contribution in [0, 0.1) is 0 Å². The number of hydrogen-bond donors (Lipinski definition) is 2. The quantitative estimate of drug-likeness (QED) is 0.852. The Morgan fingerprint density at radius 3 is 2.38 bits per heavy atom. The molecule has 0 amide bonds. The highest BCUT2D eigenvalue weighted by atomic mass is 35.5. The van der Waals surface area contributed by atoms with Gasteiger partial charge in [0.05, 0.1) is 19.3 Å². The molecule has 0 aliphatic carbocycles. The lowest BCUT2D eigenvalue weighted by molar-refractivity contribution is 0.0874. The largest absolute Gasteiger partial charge is 0.395 e. The van der Waals surface area contributed by atoms with E-state index in [2.05, 4.69) is 0 Å². The van der Waals surface area contributed by atoms with E-state index < -0.39 is 0 Å². The maximum absolute atomic E-state index is 9.03. The molecule has 90 valence electrons. The van der Waals surface area contributed by atoms with Crippen LogP contribution in [0.15, 0.2) is 18.2 Å². The van der Waals surface area contributed by atoms with Crippen LogP contribution in [-0.4, -0.2) is 41.4 Å². The second-order valence-electron chi connectivity index (χ2n) is 3.67. The fourth-order valence-electron chi connectivity index (χ4n) is 1.38. The molecule has 5 heteroatoms. The lowest BCUT2D eigenvalue weighted by atomic mass is 10.2. The van der Waals surface area contributed by atoms with E-state index >= 15 is 0 Å². The molecule has 3 nitrogen and oxygen atoms in total. The van der Waals surface area contributed by atoms with Crippen molar-refractivity contribution in [3.8, 4) is 0 Å². The van der Waals surface area contributed by atoms with Gasteiger partial charge >= 0.3 is 0 Å². The van der Waals surface area contributed by atoms with Gasteiger partial charge in [-0.2, -0.15) is 0 Å². The summed E-state index contributed by atoms with van der Waals surface area (Å²) in [6.45, 7) is 0.387. The van der Waals surface area contributed by atoms with Gasteiger partial charge in [0.2, 0.25) is 0 Å². The molecule has 0 saturated heterocycles. The topological polar surface area (TPSA) is 43.7 Å². The average molecular weight is 264 g/mol. The molecule has 0 radical (unpaired) electrons. The fourth-order valence-corrected chi connectivity index (χ4v) is 1.85. The van der Waals surface area contributed by atoms with Gasteiger partial charge in [0.1, 0.15) is 0 Å². The van der Waals surface area contributed by atoms with Crippen molar-refractivity contribution in [1.29, 1.82) is 0 Å².